The molecule has 2 N–H and O–H groups in total. The van der Waals surface area contributed by atoms with Crippen LogP contribution in [0.5, 0.6) is 0 Å². The van der Waals surface area contributed by atoms with Crippen LogP contribution in [-0.4, -0.2) is 33.5 Å². The van der Waals surface area contributed by atoms with Gasteiger partial charge in [0.15, 0.2) is 15.6 Å². The highest BCUT2D eigenvalue weighted by atomic mass is 32.2. The topological polar surface area (TPSA) is 80.5 Å². The van der Waals surface area contributed by atoms with Crippen molar-refractivity contribution >= 4 is 37.6 Å². The molecule has 0 atom stereocenters. The van der Waals surface area contributed by atoms with Crippen molar-refractivity contribution in [3.8, 4) is 0 Å². The molecular weight excluding hydrogens is 308 g/mol. The summed E-state index contributed by atoms with van der Waals surface area (Å²) in [6.07, 6.45) is 3.60. The van der Waals surface area contributed by atoms with Crippen molar-refractivity contribution in [2.45, 2.75) is 38.0 Å². The highest BCUT2D eigenvalue weighted by Gasteiger charge is 2.30. The molecule has 1 heterocycles. The average Bonchev–Trinajstić information content (AvgIpc) is 2.72. The van der Waals surface area contributed by atoms with Gasteiger partial charge < -0.3 is 10.6 Å². The third kappa shape index (κ3) is 3.08. The molecule has 1 aliphatic carbocycles. The Morgan fingerprint density at radius 2 is 2.05 bits per heavy atom. The number of nitrogen functional groups attached to an aromatic ring is 1. The van der Waals surface area contributed by atoms with Crippen LogP contribution < -0.4 is 10.6 Å². The molecule has 2 rings (SSSR count). The number of carbonyl (C=O) groups excluding carboxylic acids is 1. The highest BCUT2D eigenvalue weighted by Crippen LogP contribution is 2.42. The number of hydrogen-bond donors (Lipinski definition) is 1. The maximum Gasteiger partial charge on any atom is 0.183 e. The van der Waals surface area contributed by atoms with E-state index in [-0.39, 0.29) is 22.1 Å². The fraction of sp³-hybridized carbons (Fsp3) is 0.643. The van der Waals surface area contributed by atoms with Gasteiger partial charge in [-0.15, -0.1) is 11.3 Å². The van der Waals surface area contributed by atoms with Crippen LogP contribution in [0, 0.1) is 5.92 Å². The number of hydrogen-bond acceptors (Lipinski definition) is 6. The Morgan fingerprint density at radius 1 is 1.43 bits per heavy atom. The highest BCUT2D eigenvalue weighted by molar-refractivity contribution is 7.92. The molecule has 118 valence electrons. The van der Waals surface area contributed by atoms with E-state index >= 15 is 0 Å². The lowest BCUT2D eigenvalue weighted by atomic mass is 9.85. The van der Waals surface area contributed by atoms with Crippen molar-refractivity contribution in [1.82, 2.24) is 0 Å². The second-order valence-corrected chi connectivity index (χ2v) is 8.83. The van der Waals surface area contributed by atoms with Gasteiger partial charge in [0.25, 0.3) is 0 Å². The first-order valence-electron chi connectivity index (χ1n) is 7.15. The van der Waals surface area contributed by atoms with Gasteiger partial charge in [0.2, 0.25) is 0 Å². The van der Waals surface area contributed by atoms with Crippen LogP contribution in [0.2, 0.25) is 0 Å². The first kappa shape index (κ1) is 16.3. The van der Waals surface area contributed by atoms with Crippen LogP contribution in [-0.2, 0) is 9.84 Å². The zero-order valence-electron chi connectivity index (χ0n) is 12.7. The average molecular weight is 330 g/mol. The Bertz CT molecular complexity index is 645. The lowest BCUT2D eigenvalue weighted by Gasteiger charge is -2.31. The fourth-order valence-corrected chi connectivity index (χ4v) is 5.22. The summed E-state index contributed by atoms with van der Waals surface area (Å²) in [5.74, 6) is 0.403. The number of nitrogens with zero attached hydrogens (tertiary/aromatic N) is 1. The predicted molar refractivity (Wildman–Crippen MR) is 87.1 cm³/mol. The van der Waals surface area contributed by atoms with Crippen LogP contribution in [0.25, 0.3) is 0 Å². The van der Waals surface area contributed by atoms with Crippen LogP contribution >= 0.6 is 11.3 Å². The molecule has 1 fully saturated rings. The van der Waals surface area contributed by atoms with Gasteiger partial charge in [-0.3, -0.25) is 4.79 Å². The van der Waals surface area contributed by atoms with Gasteiger partial charge >= 0.3 is 0 Å². The molecule has 0 spiro atoms. The number of sulfone groups is 1. The minimum Gasteiger partial charge on any atom is -0.396 e. The number of anilines is 2. The minimum atomic E-state index is -3.45. The molecule has 1 aromatic heterocycles. The SMILES string of the molecule is CCS(=O)(=O)c1c(N(C)CC2CCC2)sc(C(C)=O)c1N. The zero-order valence-corrected chi connectivity index (χ0v) is 14.3. The Labute approximate surface area is 130 Å². The second-order valence-electron chi connectivity index (χ2n) is 5.62. The zero-order chi connectivity index (χ0) is 15.8. The molecule has 7 heteroatoms. The summed E-state index contributed by atoms with van der Waals surface area (Å²) in [6.45, 7) is 3.82. The quantitative estimate of drug-likeness (QED) is 0.811. The number of Topliss-reactive ketones (excluding diaryl/α,β-unsaturated/α-hetero) is 1. The number of carbonyl (C=O) groups is 1. The summed E-state index contributed by atoms with van der Waals surface area (Å²) in [5, 5.41) is 0.603. The van der Waals surface area contributed by atoms with Crippen molar-refractivity contribution in [3.63, 3.8) is 0 Å². The van der Waals surface area contributed by atoms with E-state index in [0.29, 0.717) is 15.8 Å². The Hall–Kier alpha value is -1.08. The van der Waals surface area contributed by atoms with Crippen LogP contribution in [0.15, 0.2) is 4.90 Å². The normalized spacial score (nSPS) is 15.8. The molecule has 5 nitrogen and oxygen atoms in total. The number of ketones is 1. The summed E-state index contributed by atoms with van der Waals surface area (Å²) in [5.41, 5.74) is 6.08. The molecule has 0 saturated heterocycles. The molecular formula is C14H22N2O3S2. The van der Waals surface area contributed by atoms with E-state index in [1.54, 1.807) is 6.92 Å². The number of rotatable bonds is 6. The van der Waals surface area contributed by atoms with Gasteiger partial charge in [-0.25, -0.2) is 8.42 Å². The maximum atomic E-state index is 12.3. The molecule has 0 amide bonds. The van der Waals surface area contributed by atoms with Crippen molar-refractivity contribution in [3.05, 3.63) is 4.88 Å². The van der Waals surface area contributed by atoms with E-state index in [1.807, 2.05) is 11.9 Å². The molecule has 0 unspecified atom stereocenters. The molecule has 1 saturated carbocycles. The first-order chi connectivity index (χ1) is 9.77. The van der Waals surface area contributed by atoms with Crippen LogP contribution in [0.1, 0.15) is 42.8 Å². The van der Waals surface area contributed by atoms with Gasteiger partial charge in [0.05, 0.1) is 16.3 Å². The Morgan fingerprint density at radius 3 is 2.48 bits per heavy atom. The lowest BCUT2D eigenvalue weighted by molar-refractivity contribution is 0.102. The molecule has 21 heavy (non-hydrogen) atoms. The summed E-state index contributed by atoms with van der Waals surface area (Å²) >= 11 is 1.19. The third-order valence-corrected chi connectivity index (χ3v) is 7.34. The predicted octanol–water partition coefficient (Wildman–Crippen LogP) is 2.56. The van der Waals surface area contributed by atoms with Crippen molar-refractivity contribution in [2.24, 2.45) is 5.92 Å². The van der Waals surface area contributed by atoms with Gasteiger partial charge in [0.1, 0.15) is 9.90 Å². The number of nitrogens with two attached hydrogens (primary N) is 1. The standard InChI is InChI=1S/C14H22N2O3S2/c1-4-21(18,19)13-11(15)12(9(2)17)20-14(13)16(3)8-10-6-5-7-10/h10H,4-8,15H2,1-3H3. The molecule has 0 bridgehead atoms. The van der Waals surface area contributed by atoms with E-state index < -0.39 is 9.84 Å². The summed E-state index contributed by atoms with van der Waals surface area (Å²) in [6, 6.07) is 0. The largest absolute Gasteiger partial charge is 0.396 e. The van der Waals surface area contributed by atoms with Gasteiger partial charge in [-0.05, 0) is 18.8 Å². The Kier molecular flexibility index (Phi) is 4.63. The van der Waals surface area contributed by atoms with E-state index in [9.17, 15) is 13.2 Å². The lowest BCUT2D eigenvalue weighted by Crippen LogP contribution is -2.29. The molecule has 0 aromatic carbocycles. The summed E-state index contributed by atoms with van der Waals surface area (Å²) in [4.78, 5) is 14.1. The van der Waals surface area contributed by atoms with E-state index in [0.717, 1.165) is 6.54 Å². The third-order valence-electron chi connectivity index (χ3n) is 4.00. The molecule has 1 aliphatic rings. The monoisotopic (exact) mass is 330 g/mol. The van der Waals surface area contributed by atoms with Crippen LogP contribution in [0.4, 0.5) is 10.7 Å². The molecule has 0 radical (unpaired) electrons. The molecule has 1 aromatic rings. The van der Waals surface area contributed by atoms with Gasteiger partial charge in [-0.2, -0.15) is 0 Å². The smallest absolute Gasteiger partial charge is 0.183 e. The summed E-state index contributed by atoms with van der Waals surface area (Å²) < 4.78 is 24.7. The van der Waals surface area contributed by atoms with Gasteiger partial charge in [0, 0.05) is 20.5 Å². The Balaban J connectivity index is 2.47. The fourth-order valence-electron chi connectivity index (χ4n) is 2.52. The van der Waals surface area contributed by atoms with E-state index in [4.69, 9.17) is 5.73 Å². The number of thiophene rings is 1. The van der Waals surface area contributed by atoms with E-state index in [2.05, 4.69) is 0 Å². The van der Waals surface area contributed by atoms with E-state index in [1.165, 1.54) is 37.5 Å². The summed E-state index contributed by atoms with van der Waals surface area (Å²) in [7, 11) is -1.57. The van der Waals surface area contributed by atoms with Crippen molar-refractivity contribution in [1.29, 1.82) is 0 Å². The first-order valence-corrected chi connectivity index (χ1v) is 9.61. The van der Waals surface area contributed by atoms with Crippen molar-refractivity contribution < 1.29 is 13.2 Å². The molecule has 0 aliphatic heterocycles. The second kappa shape index (κ2) is 5.96. The minimum absolute atomic E-state index is 0.0183. The van der Waals surface area contributed by atoms with Crippen molar-refractivity contribution in [2.75, 3.05) is 30.0 Å². The van der Waals surface area contributed by atoms with Crippen LogP contribution in [0.3, 0.4) is 0 Å². The van der Waals surface area contributed by atoms with Gasteiger partial charge in [-0.1, -0.05) is 13.3 Å². The maximum absolute atomic E-state index is 12.3.